The minimum absolute atomic E-state index is 0. The summed E-state index contributed by atoms with van der Waals surface area (Å²) in [6.07, 6.45) is 2.64. The van der Waals surface area contributed by atoms with Gasteiger partial charge in [0.2, 0.25) is 0 Å². The van der Waals surface area contributed by atoms with Gasteiger partial charge in [-0.2, -0.15) is 0 Å². The molecule has 2 rings (SSSR count). The second kappa shape index (κ2) is 11.6. The Bertz CT molecular complexity index is 651. The van der Waals surface area contributed by atoms with Crippen LogP contribution in [0.1, 0.15) is 12.1 Å². The Hall–Kier alpha value is -1.90. The second-order valence-corrected chi connectivity index (χ2v) is 5.40. The number of aromatic nitrogens is 1. The van der Waals surface area contributed by atoms with Gasteiger partial charge in [0, 0.05) is 33.4 Å². The first-order valence-corrected chi connectivity index (χ1v) is 8.01. The molecule has 2 N–H and O–H groups in total. The number of para-hydroxylation sites is 1. The van der Waals surface area contributed by atoms with Gasteiger partial charge < -0.3 is 15.5 Å². The van der Waals surface area contributed by atoms with E-state index in [1.165, 1.54) is 6.07 Å². The normalized spacial score (nSPS) is 10.8. The van der Waals surface area contributed by atoms with Gasteiger partial charge in [0.25, 0.3) is 0 Å². The highest BCUT2D eigenvalue weighted by molar-refractivity contribution is 14.0. The summed E-state index contributed by atoms with van der Waals surface area (Å²) in [7, 11) is 3.63. The molecule has 7 heteroatoms. The maximum absolute atomic E-state index is 13.7. The summed E-state index contributed by atoms with van der Waals surface area (Å²) in [4.78, 5) is 10.4. The summed E-state index contributed by atoms with van der Waals surface area (Å²) in [5.41, 5.74) is 1.58. The molecule has 0 spiro atoms. The standard InChI is InChI=1S/C18H24FN5.HI/c1-20-18(23-14-15-8-5-6-11-21-15)22-12-7-13-24(2)17-10-4-3-9-16(17)19;/h3-6,8-11H,7,12-14H2,1-2H3,(H2,20,22,23);1H. The quantitative estimate of drug-likeness (QED) is 0.291. The van der Waals surface area contributed by atoms with E-state index in [0.717, 1.165) is 31.2 Å². The summed E-state index contributed by atoms with van der Waals surface area (Å²) in [6.45, 7) is 2.13. The van der Waals surface area contributed by atoms with Crippen LogP contribution in [-0.4, -0.2) is 38.1 Å². The monoisotopic (exact) mass is 457 g/mol. The van der Waals surface area contributed by atoms with E-state index in [2.05, 4.69) is 20.6 Å². The summed E-state index contributed by atoms with van der Waals surface area (Å²) in [6, 6.07) is 12.6. The molecule has 0 atom stereocenters. The van der Waals surface area contributed by atoms with E-state index >= 15 is 0 Å². The van der Waals surface area contributed by atoms with Crippen molar-refractivity contribution < 1.29 is 4.39 Å². The lowest BCUT2D eigenvalue weighted by Crippen LogP contribution is -2.38. The number of hydrogen-bond donors (Lipinski definition) is 2. The van der Waals surface area contributed by atoms with Crippen LogP contribution in [0.15, 0.2) is 53.7 Å². The van der Waals surface area contributed by atoms with Crippen molar-refractivity contribution in [2.45, 2.75) is 13.0 Å². The van der Waals surface area contributed by atoms with E-state index in [0.29, 0.717) is 12.2 Å². The maximum atomic E-state index is 13.7. The van der Waals surface area contributed by atoms with Crippen molar-refractivity contribution in [3.63, 3.8) is 0 Å². The van der Waals surface area contributed by atoms with Gasteiger partial charge in [0.05, 0.1) is 17.9 Å². The lowest BCUT2D eigenvalue weighted by molar-refractivity contribution is 0.619. The molecule has 0 aliphatic rings. The van der Waals surface area contributed by atoms with Crippen LogP contribution in [-0.2, 0) is 6.54 Å². The maximum Gasteiger partial charge on any atom is 0.191 e. The predicted octanol–water partition coefficient (Wildman–Crippen LogP) is 3.03. The molecule has 0 bridgehead atoms. The first-order valence-electron chi connectivity index (χ1n) is 8.01. The number of nitrogens with one attached hydrogen (secondary N) is 2. The molecule has 136 valence electrons. The van der Waals surface area contributed by atoms with Gasteiger partial charge in [-0.15, -0.1) is 24.0 Å². The summed E-state index contributed by atoms with van der Waals surface area (Å²) >= 11 is 0. The topological polar surface area (TPSA) is 52.6 Å². The SMILES string of the molecule is CN=C(NCCCN(C)c1ccccc1F)NCc1ccccn1.I. The Labute approximate surface area is 165 Å². The number of guanidine groups is 1. The van der Waals surface area contributed by atoms with Crippen LogP contribution < -0.4 is 15.5 Å². The molecule has 25 heavy (non-hydrogen) atoms. The Morgan fingerprint density at radius 1 is 1.16 bits per heavy atom. The van der Waals surface area contributed by atoms with E-state index in [-0.39, 0.29) is 29.8 Å². The molecule has 1 aromatic heterocycles. The van der Waals surface area contributed by atoms with Gasteiger partial charge in [0.1, 0.15) is 5.82 Å². The summed E-state index contributed by atoms with van der Waals surface area (Å²) in [5.74, 6) is 0.537. The molecular weight excluding hydrogens is 432 g/mol. The van der Waals surface area contributed by atoms with E-state index in [9.17, 15) is 4.39 Å². The lowest BCUT2D eigenvalue weighted by Gasteiger charge is -2.20. The third-order valence-corrected chi connectivity index (χ3v) is 3.61. The van der Waals surface area contributed by atoms with E-state index in [4.69, 9.17) is 0 Å². The van der Waals surface area contributed by atoms with Crippen molar-refractivity contribution in [1.29, 1.82) is 0 Å². The van der Waals surface area contributed by atoms with Crippen molar-refractivity contribution in [2.24, 2.45) is 4.99 Å². The van der Waals surface area contributed by atoms with Crippen molar-refractivity contribution in [1.82, 2.24) is 15.6 Å². The van der Waals surface area contributed by atoms with Crippen LogP contribution in [0.25, 0.3) is 0 Å². The van der Waals surface area contributed by atoms with Crippen molar-refractivity contribution >= 4 is 35.6 Å². The average molecular weight is 457 g/mol. The fourth-order valence-corrected chi connectivity index (χ4v) is 2.30. The molecule has 0 aliphatic heterocycles. The average Bonchev–Trinajstić information content (AvgIpc) is 2.62. The lowest BCUT2D eigenvalue weighted by atomic mass is 10.2. The first kappa shape index (κ1) is 21.1. The minimum atomic E-state index is -0.194. The molecule has 0 radical (unpaired) electrons. The highest BCUT2D eigenvalue weighted by atomic mass is 127. The number of pyridine rings is 1. The fraction of sp³-hybridized carbons (Fsp3) is 0.333. The van der Waals surface area contributed by atoms with Gasteiger partial charge >= 0.3 is 0 Å². The molecule has 0 saturated carbocycles. The molecule has 1 heterocycles. The van der Waals surface area contributed by atoms with Crippen LogP contribution >= 0.6 is 24.0 Å². The number of rotatable bonds is 7. The predicted molar refractivity (Wildman–Crippen MR) is 112 cm³/mol. The molecule has 1 aromatic carbocycles. The summed E-state index contributed by atoms with van der Waals surface area (Å²) < 4.78 is 13.7. The largest absolute Gasteiger partial charge is 0.372 e. The number of halogens is 2. The van der Waals surface area contributed by atoms with Gasteiger partial charge in [-0.25, -0.2) is 4.39 Å². The zero-order chi connectivity index (χ0) is 17.2. The first-order chi connectivity index (χ1) is 11.7. The Kier molecular flexibility index (Phi) is 9.83. The van der Waals surface area contributed by atoms with E-state index in [1.54, 1.807) is 25.4 Å². The molecule has 0 fully saturated rings. The third-order valence-electron chi connectivity index (χ3n) is 3.61. The van der Waals surface area contributed by atoms with Crippen molar-refractivity contribution in [2.75, 3.05) is 32.1 Å². The number of benzene rings is 1. The Balaban J connectivity index is 0.00000312. The zero-order valence-electron chi connectivity index (χ0n) is 14.6. The second-order valence-electron chi connectivity index (χ2n) is 5.40. The van der Waals surface area contributed by atoms with Crippen LogP contribution in [0, 0.1) is 5.82 Å². The molecule has 0 saturated heterocycles. The highest BCUT2D eigenvalue weighted by Gasteiger charge is 2.06. The van der Waals surface area contributed by atoms with Crippen LogP contribution in [0.2, 0.25) is 0 Å². The van der Waals surface area contributed by atoms with Gasteiger partial charge in [0.15, 0.2) is 5.96 Å². The molecular formula is C18H25FIN5. The fourth-order valence-electron chi connectivity index (χ4n) is 2.30. The van der Waals surface area contributed by atoms with Crippen LogP contribution in [0.4, 0.5) is 10.1 Å². The zero-order valence-corrected chi connectivity index (χ0v) is 16.9. The van der Waals surface area contributed by atoms with Gasteiger partial charge in [-0.05, 0) is 30.7 Å². The number of anilines is 1. The third kappa shape index (κ3) is 7.25. The number of hydrogen-bond acceptors (Lipinski definition) is 3. The molecule has 0 aliphatic carbocycles. The van der Waals surface area contributed by atoms with Gasteiger partial charge in [-0.1, -0.05) is 18.2 Å². The summed E-state index contributed by atoms with van der Waals surface area (Å²) in [5, 5.41) is 6.47. The van der Waals surface area contributed by atoms with Crippen LogP contribution in [0.5, 0.6) is 0 Å². The van der Waals surface area contributed by atoms with Crippen LogP contribution in [0.3, 0.4) is 0 Å². The van der Waals surface area contributed by atoms with Crippen molar-refractivity contribution in [3.05, 3.63) is 60.2 Å². The number of aliphatic imine (C=N–C) groups is 1. The molecule has 0 amide bonds. The smallest absolute Gasteiger partial charge is 0.191 e. The van der Waals surface area contributed by atoms with E-state index < -0.39 is 0 Å². The molecule has 2 aromatic rings. The number of nitrogens with zero attached hydrogens (tertiary/aromatic N) is 3. The molecule has 5 nitrogen and oxygen atoms in total. The minimum Gasteiger partial charge on any atom is -0.372 e. The Morgan fingerprint density at radius 2 is 1.92 bits per heavy atom. The Morgan fingerprint density at radius 3 is 2.60 bits per heavy atom. The van der Waals surface area contributed by atoms with Crippen molar-refractivity contribution in [3.8, 4) is 0 Å². The highest BCUT2D eigenvalue weighted by Crippen LogP contribution is 2.16. The van der Waals surface area contributed by atoms with Gasteiger partial charge in [-0.3, -0.25) is 9.98 Å². The van der Waals surface area contributed by atoms with E-state index in [1.807, 2.05) is 36.2 Å². The molecule has 0 unspecified atom stereocenters.